The number of carbonyl (C=O) groups excluding carboxylic acids is 2. The quantitative estimate of drug-likeness (QED) is 0.824. The van der Waals surface area contributed by atoms with E-state index in [9.17, 15) is 9.59 Å². The zero-order chi connectivity index (χ0) is 18.3. The van der Waals surface area contributed by atoms with Crippen molar-refractivity contribution in [3.8, 4) is 0 Å². The maximum atomic E-state index is 12.6. The molecule has 136 valence electrons. The number of piperidine rings is 1. The fourth-order valence-corrected chi connectivity index (χ4v) is 4.42. The van der Waals surface area contributed by atoms with Gasteiger partial charge in [0, 0.05) is 50.9 Å². The van der Waals surface area contributed by atoms with Crippen LogP contribution in [0.4, 0.5) is 0 Å². The van der Waals surface area contributed by atoms with Crippen LogP contribution < -0.4 is 0 Å². The number of aromatic nitrogens is 2. The van der Waals surface area contributed by atoms with Crippen LogP contribution in [-0.2, 0) is 4.79 Å². The normalized spacial score (nSPS) is 22.2. The van der Waals surface area contributed by atoms with Crippen LogP contribution in [0.2, 0.25) is 0 Å². The zero-order valence-corrected chi connectivity index (χ0v) is 15.0. The second kappa shape index (κ2) is 6.23. The summed E-state index contributed by atoms with van der Waals surface area (Å²) >= 11 is 0. The molecule has 4 rings (SSSR count). The van der Waals surface area contributed by atoms with Crippen LogP contribution in [0.1, 0.15) is 47.0 Å². The molecular weight excluding hydrogens is 332 g/mol. The van der Waals surface area contributed by atoms with E-state index in [1.54, 1.807) is 25.4 Å². The van der Waals surface area contributed by atoms with Gasteiger partial charge in [0.25, 0.3) is 5.91 Å². The molecule has 1 atom stereocenters. The Balaban J connectivity index is 1.55. The minimum absolute atomic E-state index is 0.107. The van der Waals surface area contributed by atoms with E-state index < -0.39 is 0 Å². The molecule has 0 N–H and O–H groups in total. The lowest BCUT2D eigenvalue weighted by atomic mass is 9.74. The van der Waals surface area contributed by atoms with Crippen molar-refractivity contribution in [3.05, 3.63) is 47.6 Å². The topological polar surface area (TPSA) is 79.5 Å². The van der Waals surface area contributed by atoms with Gasteiger partial charge < -0.3 is 14.3 Å². The molecular formula is C19H22N4O3. The summed E-state index contributed by atoms with van der Waals surface area (Å²) in [6.45, 7) is 2.97. The van der Waals surface area contributed by atoms with Gasteiger partial charge in [-0.1, -0.05) is 5.16 Å². The first-order valence-electron chi connectivity index (χ1n) is 8.90. The monoisotopic (exact) mass is 354 g/mol. The molecule has 2 saturated heterocycles. The number of rotatable bonds is 2. The molecule has 2 aromatic rings. The first kappa shape index (κ1) is 16.8. The molecule has 26 heavy (non-hydrogen) atoms. The van der Waals surface area contributed by atoms with Crippen molar-refractivity contribution >= 4 is 11.8 Å². The highest BCUT2D eigenvalue weighted by molar-refractivity contribution is 5.92. The van der Waals surface area contributed by atoms with Gasteiger partial charge in [-0.05, 0) is 37.5 Å². The number of carbonyl (C=O) groups is 2. The van der Waals surface area contributed by atoms with E-state index in [1.165, 1.54) is 0 Å². The molecule has 2 aromatic heterocycles. The average molecular weight is 354 g/mol. The first-order chi connectivity index (χ1) is 12.5. The number of hydrogen-bond donors (Lipinski definition) is 0. The van der Waals surface area contributed by atoms with Gasteiger partial charge in [0.05, 0.1) is 5.54 Å². The molecule has 2 fully saturated rings. The first-order valence-corrected chi connectivity index (χ1v) is 8.90. The summed E-state index contributed by atoms with van der Waals surface area (Å²) in [6.07, 6.45) is 5.57. The molecule has 2 amide bonds. The second-order valence-corrected chi connectivity index (χ2v) is 7.21. The van der Waals surface area contributed by atoms with Gasteiger partial charge in [-0.15, -0.1) is 0 Å². The lowest BCUT2D eigenvalue weighted by Gasteiger charge is -2.46. The third-order valence-corrected chi connectivity index (χ3v) is 5.94. The zero-order valence-electron chi connectivity index (χ0n) is 15.0. The maximum Gasteiger partial charge on any atom is 0.276 e. The summed E-state index contributed by atoms with van der Waals surface area (Å²) in [5.41, 5.74) is 1.25. The van der Waals surface area contributed by atoms with Crippen molar-refractivity contribution < 1.29 is 14.1 Å². The summed E-state index contributed by atoms with van der Waals surface area (Å²) in [6, 6.07) is 5.65. The van der Waals surface area contributed by atoms with Crippen LogP contribution in [0.5, 0.6) is 0 Å². The van der Waals surface area contributed by atoms with Crippen LogP contribution >= 0.6 is 0 Å². The molecule has 4 heterocycles. The number of nitrogens with zero attached hydrogens (tertiary/aromatic N) is 4. The third-order valence-electron chi connectivity index (χ3n) is 5.94. The third kappa shape index (κ3) is 2.58. The Morgan fingerprint density at radius 1 is 1.27 bits per heavy atom. The summed E-state index contributed by atoms with van der Waals surface area (Å²) in [5.74, 6) is 0.818. The molecule has 7 nitrogen and oxygen atoms in total. The van der Waals surface area contributed by atoms with Crippen LogP contribution in [0.3, 0.4) is 0 Å². The molecule has 0 aromatic carbocycles. The number of hydrogen-bond acceptors (Lipinski definition) is 5. The minimum Gasteiger partial charge on any atom is -0.361 e. The molecule has 0 aliphatic carbocycles. The van der Waals surface area contributed by atoms with Gasteiger partial charge in [0.15, 0.2) is 5.69 Å². The number of likely N-dealkylation sites (tertiary alicyclic amines) is 2. The molecule has 7 heteroatoms. The van der Waals surface area contributed by atoms with Gasteiger partial charge in [0.2, 0.25) is 5.91 Å². The SMILES string of the molecule is Cc1cc(C(=O)N2CCC3(CC2)[C@H](c2ccncc2)CC(=O)N3C)no1. The van der Waals surface area contributed by atoms with Gasteiger partial charge in [-0.3, -0.25) is 14.6 Å². The Labute approximate surface area is 152 Å². The van der Waals surface area contributed by atoms with E-state index in [-0.39, 0.29) is 23.3 Å². The second-order valence-electron chi connectivity index (χ2n) is 7.21. The van der Waals surface area contributed by atoms with Crippen LogP contribution in [-0.4, -0.2) is 57.4 Å². The molecule has 1 spiro atoms. The van der Waals surface area contributed by atoms with Crippen molar-refractivity contribution in [2.24, 2.45) is 0 Å². The standard InChI is InChI=1S/C19H22N4O3/c1-13-11-16(21-26-13)18(25)23-9-5-19(6-10-23)15(12-17(24)22(19)2)14-3-7-20-8-4-14/h3-4,7-8,11,15H,5-6,9-10,12H2,1-2H3/t15-/m0/s1. The van der Waals surface area contributed by atoms with Crippen molar-refractivity contribution in [2.45, 2.75) is 37.6 Å². The largest absolute Gasteiger partial charge is 0.361 e. The Kier molecular flexibility index (Phi) is 4.01. The summed E-state index contributed by atoms with van der Waals surface area (Å²) in [7, 11) is 1.89. The lowest BCUT2D eigenvalue weighted by molar-refractivity contribution is -0.130. The van der Waals surface area contributed by atoms with E-state index in [4.69, 9.17) is 4.52 Å². The van der Waals surface area contributed by atoms with Crippen molar-refractivity contribution in [1.82, 2.24) is 19.9 Å². The highest BCUT2D eigenvalue weighted by atomic mass is 16.5. The predicted molar refractivity (Wildman–Crippen MR) is 93.5 cm³/mol. The molecule has 2 aliphatic heterocycles. The highest BCUT2D eigenvalue weighted by Crippen LogP contribution is 2.48. The molecule has 0 radical (unpaired) electrons. The van der Waals surface area contributed by atoms with Crippen molar-refractivity contribution in [1.29, 1.82) is 0 Å². The molecule has 2 aliphatic rings. The Morgan fingerprint density at radius 2 is 1.96 bits per heavy atom. The fraction of sp³-hybridized carbons (Fsp3) is 0.474. The summed E-state index contributed by atoms with van der Waals surface area (Å²) in [4.78, 5) is 32.9. The van der Waals surface area contributed by atoms with Gasteiger partial charge in [-0.25, -0.2) is 0 Å². The molecule has 0 bridgehead atoms. The van der Waals surface area contributed by atoms with E-state index in [2.05, 4.69) is 10.1 Å². The van der Waals surface area contributed by atoms with Crippen molar-refractivity contribution in [2.75, 3.05) is 20.1 Å². The number of amides is 2. The predicted octanol–water partition coefficient (Wildman–Crippen LogP) is 2.00. The van der Waals surface area contributed by atoms with Gasteiger partial charge >= 0.3 is 0 Å². The summed E-state index contributed by atoms with van der Waals surface area (Å²) in [5, 5.41) is 3.83. The van der Waals surface area contributed by atoms with E-state index in [1.807, 2.05) is 29.0 Å². The van der Waals surface area contributed by atoms with Crippen molar-refractivity contribution in [3.63, 3.8) is 0 Å². The minimum atomic E-state index is -0.241. The number of aryl methyl sites for hydroxylation is 1. The Morgan fingerprint density at radius 3 is 2.58 bits per heavy atom. The van der Waals surface area contributed by atoms with Crippen LogP contribution in [0.25, 0.3) is 0 Å². The highest BCUT2D eigenvalue weighted by Gasteiger charge is 2.53. The van der Waals surface area contributed by atoms with Crippen LogP contribution in [0.15, 0.2) is 35.1 Å². The smallest absolute Gasteiger partial charge is 0.276 e. The maximum absolute atomic E-state index is 12.6. The number of pyridine rings is 1. The van der Waals surface area contributed by atoms with Crippen LogP contribution in [0, 0.1) is 6.92 Å². The van der Waals surface area contributed by atoms with Gasteiger partial charge in [0.1, 0.15) is 5.76 Å². The fourth-order valence-electron chi connectivity index (χ4n) is 4.42. The van der Waals surface area contributed by atoms with E-state index in [0.717, 1.165) is 18.4 Å². The Bertz CT molecular complexity index is 824. The number of likely N-dealkylation sites (N-methyl/N-ethyl adjacent to an activating group) is 1. The Hall–Kier alpha value is -2.70. The average Bonchev–Trinajstić information content (AvgIpc) is 3.20. The molecule has 0 saturated carbocycles. The van der Waals surface area contributed by atoms with E-state index in [0.29, 0.717) is 31.0 Å². The lowest BCUT2D eigenvalue weighted by Crippen LogP contribution is -2.55. The van der Waals surface area contributed by atoms with Gasteiger partial charge in [-0.2, -0.15) is 0 Å². The summed E-state index contributed by atoms with van der Waals surface area (Å²) < 4.78 is 5.02. The molecule has 0 unspecified atom stereocenters. The van der Waals surface area contributed by atoms with E-state index >= 15 is 0 Å².